The topological polar surface area (TPSA) is 126 Å². The number of hydrogen-bond acceptors (Lipinski definition) is 8. The molecule has 5 rings (SSSR count). The number of aliphatic carboxylic acids is 1. The van der Waals surface area contributed by atoms with Crippen LogP contribution in [0.4, 0.5) is 24.9 Å². The second kappa shape index (κ2) is 10.3. The summed E-state index contributed by atoms with van der Waals surface area (Å²) in [6.45, 7) is 3.59. The van der Waals surface area contributed by atoms with Gasteiger partial charge in [0.1, 0.15) is 11.9 Å². The monoisotopic (exact) mass is 542 g/mol. The van der Waals surface area contributed by atoms with Crippen LogP contribution in [0, 0.1) is 12.3 Å². The van der Waals surface area contributed by atoms with Crippen molar-refractivity contribution in [1.82, 2.24) is 20.3 Å². The molecule has 2 aromatic heterocycles. The van der Waals surface area contributed by atoms with Crippen LogP contribution in [0.3, 0.4) is 0 Å². The highest BCUT2D eigenvalue weighted by atomic mass is 19.4. The van der Waals surface area contributed by atoms with E-state index < -0.39 is 24.3 Å². The zero-order chi connectivity index (χ0) is 27.8. The summed E-state index contributed by atoms with van der Waals surface area (Å²) in [5.74, 6) is -0.961. The molecule has 2 saturated heterocycles. The van der Waals surface area contributed by atoms with E-state index in [0.717, 1.165) is 29.7 Å². The van der Waals surface area contributed by atoms with Crippen LogP contribution in [0.15, 0.2) is 48.7 Å². The quantitative estimate of drug-likeness (QED) is 0.421. The first kappa shape index (κ1) is 26.7. The lowest BCUT2D eigenvalue weighted by molar-refractivity contribution is -0.198. The Kier molecular flexibility index (Phi) is 7.06. The third kappa shape index (κ3) is 5.90. The van der Waals surface area contributed by atoms with Crippen molar-refractivity contribution in [3.05, 3.63) is 59.9 Å². The molecule has 39 heavy (non-hydrogen) atoms. The highest BCUT2D eigenvalue weighted by molar-refractivity contribution is 5.74. The van der Waals surface area contributed by atoms with E-state index in [0.29, 0.717) is 31.9 Å². The second-order valence-corrected chi connectivity index (χ2v) is 10.2. The largest absolute Gasteiger partial charge is 0.480 e. The van der Waals surface area contributed by atoms with E-state index in [1.807, 2.05) is 24.0 Å². The summed E-state index contributed by atoms with van der Waals surface area (Å²) in [7, 11) is 0. The molecule has 206 valence electrons. The number of anilines is 2. The van der Waals surface area contributed by atoms with Gasteiger partial charge >= 0.3 is 12.1 Å². The van der Waals surface area contributed by atoms with Gasteiger partial charge in [-0.2, -0.15) is 23.1 Å². The number of nitrogens with zero attached hydrogens (tertiary/aromatic N) is 4. The number of piperidine rings is 1. The maximum Gasteiger partial charge on any atom is 0.429 e. The van der Waals surface area contributed by atoms with Gasteiger partial charge in [0.15, 0.2) is 0 Å². The second-order valence-electron chi connectivity index (χ2n) is 10.2. The molecule has 0 radical (unpaired) electrons. The number of ether oxygens (including phenoxy) is 1. The Labute approximate surface area is 223 Å². The first-order valence-corrected chi connectivity index (χ1v) is 12.6. The third-order valence-corrected chi connectivity index (χ3v) is 7.51. The molecule has 1 spiro atoms. The standard InChI is InChI=1S/C27H29F3N6O3/c1-16-2-3-19(14-32-16)17-4-6-18(7-5-17)23(27(28,29)30)39-22-12-21(34-25(31)35-22)36-10-8-26(9-11-36)13-20(24(37)38)33-15-26/h2-7,12,14,20,23,33H,8-11,13,15H2,1H3,(H,37,38)(H2,31,34,35)/t20-,23?/m0/s1. The van der Waals surface area contributed by atoms with Crippen molar-refractivity contribution in [3.8, 4) is 17.0 Å². The molecule has 2 fully saturated rings. The fourth-order valence-electron chi connectivity index (χ4n) is 5.27. The maximum atomic E-state index is 14.1. The number of halogens is 3. The Bertz CT molecular complexity index is 1330. The van der Waals surface area contributed by atoms with Gasteiger partial charge < -0.3 is 25.8 Å². The van der Waals surface area contributed by atoms with Crippen molar-refractivity contribution in [2.24, 2.45) is 5.41 Å². The molecule has 4 heterocycles. The number of nitrogens with one attached hydrogen (secondary N) is 1. The number of aryl methyl sites for hydroxylation is 1. The number of nitrogens with two attached hydrogens (primary N) is 1. The molecule has 2 aliphatic rings. The Morgan fingerprint density at radius 3 is 2.44 bits per heavy atom. The van der Waals surface area contributed by atoms with E-state index in [4.69, 9.17) is 10.5 Å². The van der Waals surface area contributed by atoms with Gasteiger partial charge in [-0.05, 0) is 43.2 Å². The number of nitrogen functional groups attached to an aromatic ring is 1. The normalized spacial score (nSPS) is 19.7. The summed E-state index contributed by atoms with van der Waals surface area (Å²) >= 11 is 0. The molecular weight excluding hydrogens is 513 g/mol. The fraction of sp³-hybridized carbons (Fsp3) is 0.407. The van der Waals surface area contributed by atoms with Crippen LogP contribution in [-0.4, -0.2) is 57.9 Å². The third-order valence-electron chi connectivity index (χ3n) is 7.51. The number of aromatic nitrogens is 3. The smallest absolute Gasteiger partial charge is 0.429 e. The molecule has 9 nitrogen and oxygen atoms in total. The van der Waals surface area contributed by atoms with Crippen molar-refractivity contribution in [2.75, 3.05) is 30.3 Å². The first-order valence-electron chi connectivity index (χ1n) is 12.6. The van der Waals surface area contributed by atoms with Crippen LogP contribution in [0.5, 0.6) is 5.88 Å². The van der Waals surface area contributed by atoms with E-state index >= 15 is 0 Å². The van der Waals surface area contributed by atoms with Crippen LogP contribution in [0.2, 0.25) is 0 Å². The fourth-order valence-corrected chi connectivity index (χ4v) is 5.27. The molecule has 1 unspecified atom stereocenters. The van der Waals surface area contributed by atoms with E-state index in [1.165, 1.54) is 18.2 Å². The van der Waals surface area contributed by atoms with Gasteiger partial charge in [-0.15, -0.1) is 0 Å². The van der Waals surface area contributed by atoms with Crippen LogP contribution >= 0.6 is 0 Å². The Hall–Kier alpha value is -3.93. The summed E-state index contributed by atoms with van der Waals surface area (Å²) in [5.41, 5.74) is 8.02. The molecule has 0 aliphatic carbocycles. The van der Waals surface area contributed by atoms with Crippen LogP contribution in [0.25, 0.3) is 11.1 Å². The number of alkyl halides is 3. The maximum absolute atomic E-state index is 14.1. The van der Waals surface area contributed by atoms with E-state index in [1.54, 1.807) is 18.3 Å². The van der Waals surface area contributed by atoms with Gasteiger partial charge in [-0.3, -0.25) is 9.78 Å². The molecule has 4 N–H and O–H groups in total. The van der Waals surface area contributed by atoms with Crippen molar-refractivity contribution < 1.29 is 27.8 Å². The van der Waals surface area contributed by atoms with Crippen molar-refractivity contribution in [1.29, 1.82) is 0 Å². The average Bonchev–Trinajstić information content (AvgIpc) is 3.31. The SMILES string of the molecule is Cc1ccc(-c2ccc(C(Oc3cc(N4CCC5(CC4)CN[C@H](C(=O)O)C5)nc(N)n3)C(F)(F)F)cc2)cn1. The highest BCUT2D eigenvalue weighted by Gasteiger charge is 2.45. The zero-order valence-corrected chi connectivity index (χ0v) is 21.3. The molecule has 3 aromatic rings. The van der Waals surface area contributed by atoms with E-state index in [-0.39, 0.29) is 22.8 Å². The summed E-state index contributed by atoms with van der Waals surface area (Å²) < 4.78 is 47.7. The van der Waals surface area contributed by atoms with Gasteiger partial charge in [0, 0.05) is 48.7 Å². The predicted molar refractivity (Wildman–Crippen MR) is 138 cm³/mol. The number of carboxylic acid groups (broad SMARTS) is 1. The number of rotatable bonds is 6. The first-order chi connectivity index (χ1) is 18.5. The predicted octanol–water partition coefficient (Wildman–Crippen LogP) is 4.14. The molecule has 1 aromatic carbocycles. The molecule has 0 amide bonds. The number of carboxylic acids is 1. The van der Waals surface area contributed by atoms with Gasteiger partial charge in [0.05, 0.1) is 0 Å². The lowest BCUT2D eigenvalue weighted by Gasteiger charge is -2.39. The highest BCUT2D eigenvalue weighted by Crippen LogP contribution is 2.41. The summed E-state index contributed by atoms with van der Waals surface area (Å²) in [6, 6.07) is 10.4. The van der Waals surface area contributed by atoms with Crippen molar-refractivity contribution in [3.63, 3.8) is 0 Å². The molecule has 2 aliphatic heterocycles. The molecule has 0 bridgehead atoms. The van der Waals surface area contributed by atoms with Crippen LogP contribution in [-0.2, 0) is 4.79 Å². The number of hydrogen-bond donors (Lipinski definition) is 3. The van der Waals surface area contributed by atoms with Gasteiger partial charge in [-0.25, -0.2) is 0 Å². The van der Waals surface area contributed by atoms with Crippen LogP contribution < -0.4 is 20.7 Å². The number of benzene rings is 1. The van der Waals surface area contributed by atoms with Gasteiger partial charge in [0.25, 0.3) is 0 Å². The van der Waals surface area contributed by atoms with Gasteiger partial charge in [-0.1, -0.05) is 30.3 Å². The van der Waals surface area contributed by atoms with Crippen LogP contribution in [0.1, 0.15) is 36.6 Å². The average molecular weight is 543 g/mol. The Morgan fingerprint density at radius 1 is 1.15 bits per heavy atom. The van der Waals surface area contributed by atoms with Crippen molar-refractivity contribution >= 4 is 17.7 Å². The molecular formula is C27H29F3N6O3. The lowest BCUT2D eigenvalue weighted by atomic mass is 9.76. The Balaban J connectivity index is 1.32. The minimum atomic E-state index is -4.71. The minimum absolute atomic E-state index is 0.0771. The van der Waals surface area contributed by atoms with E-state index in [9.17, 15) is 23.1 Å². The molecule has 0 saturated carbocycles. The van der Waals surface area contributed by atoms with E-state index in [2.05, 4.69) is 20.3 Å². The van der Waals surface area contributed by atoms with Gasteiger partial charge in [0.2, 0.25) is 17.9 Å². The Morgan fingerprint density at radius 2 is 1.85 bits per heavy atom. The molecule has 12 heteroatoms. The lowest BCUT2D eigenvalue weighted by Crippen LogP contribution is -2.41. The molecule has 2 atom stereocenters. The summed E-state index contributed by atoms with van der Waals surface area (Å²) in [4.78, 5) is 25.6. The minimum Gasteiger partial charge on any atom is -0.480 e. The summed E-state index contributed by atoms with van der Waals surface area (Å²) in [6.07, 6.45) is -3.31. The number of carbonyl (C=O) groups is 1. The zero-order valence-electron chi connectivity index (χ0n) is 21.3. The summed E-state index contributed by atoms with van der Waals surface area (Å²) in [5, 5.41) is 12.4. The number of pyridine rings is 1. The van der Waals surface area contributed by atoms with Crippen molar-refractivity contribution in [2.45, 2.75) is 44.5 Å².